The largest absolute Gasteiger partial charge is 0.464 e. The maximum Gasteiger partial charge on any atom is 0.434 e. The van der Waals surface area contributed by atoms with Gasteiger partial charge in [-0.05, 0) is 6.07 Å². The molecule has 0 aliphatic carbocycles. The second kappa shape index (κ2) is 5.05. The van der Waals surface area contributed by atoms with Crippen LogP contribution in [0.4, 0.5) is 22.0 Å². The number of esters is 1. The highest BCUT2D eigenvalue weighted by Gasteiger charge is 2.37. The smallest absolute Gasteiger partial charge is 0.434 e. The quantitative estimate of drug-likeness (QED) is 0.618. The van der Waals surface area contributed by atoms with E-state index in [4.69, 9.17) is 11.6 Å². The fraction of sp³-hybridized carbons (Fsp3) is 0.333. The Morgan fingerprint density at radius 1 is 1.44 bits per heavy atom. The summed E-state index contributed by atoms with van der Waals surface area (Å²) in [5.41, 5.74) is -3.74. The van der Waals surface area contributed by atoms with E-state index in [1.807, 2.05) is 0 Å². The van der Waals surface area contributed by atoms with Crippen LogP contribution in [0, 0.1) is 0 Å². The molecule has 1 aromatic heterocycles. The van der Waals surface area contributed by atoms with Gasteiger partial charge in [-0.2, -0.15) is 13.2 Å². The van der Waals surface area contributed by atoms with E-state index in [1.54, 1.807) is 0 Å². The summed E-state index contributed by atoms with van der Waals surface area (Å²) in [5, 5.41) is -1.01. The zero-order valence-electron chi connectivity index (χ0n) is 8.69. The third kappa shape index (κ3) is 2.87. The number of ether oxygens (including phenoxy) is 1. The lowest BCUT2D eigenvalue weighted by Crippen LogP contribution is -2.16. The number of rotatable bonds is 2. The Labute approximate surface area is 103 Å². The van der Waals surface area contributed by atoms with E-state index < -0.39 is 40.5 Å². The highest BCUT2D eigenvalue weighted by atomic mass is 35.5. The Hall–Kier alpha value is -1.44. The van der Waals surface area contributed by atoms with E-state index >= 15 is 0 Å². The fourth-order valence-corrected chi connectivity index (χ4v) is 1.40. The Morgan fingerprint density at radius 3 is 2.39 bits per heavy atom. The van der Waals surface area contributed by atoms with Gasteiger partial charge in [0.2, 0.25) is 0 Å². The number of carbonyl (C=O) groups is 1. The van der Waals surface area contributed by atoms with Gasteiger partial charge in [0.15, 0.2) is 11.4 Å². The van der Waals surface area contributed by atoms with Crippen molar-refractivity contribution in [2.45, 2.75) is 12.6 Å². The predicted molar refractivity (Wildman–Crippen MR) is 50.5 cm³/mol. The molecule has 0 spiro atoms. The Balaban J connectivity index is 3.50. The molecule has 0 saturated heterocycles. The van der Waals surface area contributed by atoms with Crippen molar-refractivity contribution < 1.29 is 31.5 Å². The minimum atomic E-state index is -4.96. The van der Waals surface area contributed by atoms with E-state index in [0.717, 1.165) is 7.11 Å². The van der Waals surface area contributed by atoms with Crippen molar-refractivity contribution in [3.8, 4) is 0 Å². The number of alkyl halides is 5. The van der Waals surface area contributed by atoms with Crippen LogP contribution in [0.5, 0.6) is 0 Å². The van der Waals surface area contributed by atoms with Crippen LogP contribution < -0.4 is 0 Å². The molecule has 1 rings (SSSR count). The van der Waals surface area contributed by atoms with Crippen LogP contribution in [0.25, 0.3) is 0 Å². The van der Waals surface area contributed by atoms with Crippen molar-refractivity contribution in [1.82, 2.24) is 4.98 Å². The minimum Gasteiger partial charge on any atom is -0.464 e. The molecule has 3 nitrogen and oxygen atoms in total. The molecule has 0 aliphatic rings. The van der Waals surface area contributed by atoms with E-state index in [0.29, 0.717) is 6.07 Å². The summed E-state index contributed by atoms with van der Waals surface area (Å²) in [6, 6.07) is 0.355. The van der Waals surface area contributed by atoms with Gasteiger partial charge in [-0.25, -0.2) is 18.6 Å². The first-order valence-corrected chi connectivity index (χ1v) is 4.70. The van der Waals surface area contributed by atoms with Gasteiger partial charge in [0, 0.05) is 0 Å². The van der Waals surface area contributed by atoms with Crippen LogP contribution in [-0.2, 0) is 10.9 Å². The number of hydrogen-bond acceptors (Lipinski definition) is 3. The summed E-state index contributed by atoms with van der Waals surface area (Å²) in [6.45, 7) is 0. The van der Waals surface area contributed by atoms with E-state index in [-0.39, 0.29) is 0 Å². The van der Waals surface area contributed by atoms with Gasteiger partial charge < -0.3 is 4.74 Å². The van der Waals surface area contributed by atoms with E-state index in [2.05, 4.69) is 9.72 Å². The second-order valence-corrected chi connectivity index (χ2v) is 3.45. The number of nitrogens with zero attached hydrogens (tertiary/aromatic N) is 1. The predicted octanol–water partition coefficient (Wildman–Crippen LogP) is 3.48. The van der Waals surface area contributed by atoms with Crippen molar-refractivity contribution in [3.05, 3.63) is 28.0 Å². The van der Waals surface area contributed by atoms with Crippen LogP contribution in [0.2, 0.25) is 5.02 Å². The minimum absolute atomic E-state index is 0.355. The van der Waals surface area contributed by atoms with Crippen molar-refractivity contribution in [1.29, 1.82) is 0 Å². The van der Waals surface area contributed by atoms with Crippen molar-refractivity contribution in [2.24, 2.45) is 0 Å². The molecule has 0 N–H and O–H groups in total. The molecule has 0 amide bonds. The Bertz CT molecular complexity index is 475. The molecule has 0 bridgehead atoms. The van der Waals surface area contributed by atoms with Gasteiger partial charge in [0.05, 0.1) is 17.7 Å². The molecule has 0 fully saturated rings. The number of carbonyl (C=O) groups excluding carboxylic acids is 1. The van der Waals surface area contributed by atoms with Crippen molar-refractivity contribution in [3.63, 3.8) is 0 Å². The summed E-state index contributed by atoms with van der Waals surface area (Å²) in [5.74, 6) is -1.40. The Kier molecular flexibility index (Phi) is 4.10. The van der Waals surface area contributed by atoms with Gasteiger partial charge >= 0.3 is 12.1 Å². The lowest BCUT2D eigenvalue weighted by molar-refractivity contribution is -0.141. The van der Waals surface area contributed by atoms with Crippen LogP contribution in [0.3, 0.4) is 0 Å². The van der Waals surface area contributed by atoms with Crippen LogP contribution in [0.15, 0.2) is 6.07 Å². The highest BCUT2D eigenvalue weighted by Crippen LogP contribution is 2.36. The first-order chi connectivity index (χ1) is 8.18. The van der Waals surface area contributed by atoms with Crippen molar-refractivity contribution in [2.75, 3.05) is 7.11 Å². The maximum absolute atomic E-state index is 12.5. The maximum atomic E-state index is 12.5. The van der Waals surface area contributed by atoms with Gasteiger partial charge in [0.1, 0.15) is 0 Å². The van der Waals surface area contributed by atoms with Crippen molar-refractivity contribution >= 4 is 17.6 Å². The number of aromatic nitrogens is 1. The molecule has 1 aromatic rings. The first-order valence-electron chi connectivity index (χ1n) is 4.32. The lowest BCUT2D eigenvalue weighted by Gasteiger charge is -2.12. The fourth-order valence-electron chi connectivity index (χ4n) is 1.13. The molecular weight excluding hydrogens is 285 g/mol. The lowest BCUT2D eigenvalue weighted by atomic mass is 10.1. The van der Waals surface area contributed by atoms with Gasteiger partial charge in [-0.3, -0.25) is 0 Å². The van der Waals surface area contributed by atoms with E-state index in [1.165, 1.54) is 0 Å². The van der Waals surface area contributed by atoms with Crippen LogP contribution >= 0.6 is 11.6 Å². The van der Waals surface area contributed by atoms with Gasteiger partial charge in [0.25, 0.3) is 6.43 Å². The highest BCUT2D eigenvalue weighted by molar-refractivity contribution is 6.31. The average molecular weight is 290 g/mol. The molecule has 18 heavy (non-hydrogen) atoms. The monoisotopic (exact) mass is 289 g/mol. The topological polar surface area (TPSA) is 39.2 Å². The molecule has 0 radical (unpaired) electrons. The molecule has 0 aliphatic heterocycles. The molecule has 1 heterocycles. The number of pyridine rings is 1. The SMILES string of the molecule is COC(=O)c1nc(C(F)(F)F)c(Cl)cc1C(F)F. The van der Waals surface area contributed by atoms with Gasteiger partial charge in [-0.15, -0.1) is 0 Å². The summed E-state index contributed by atoms with van der Waals surface area (Å²) >= 11 is 5.21. The average Bonchev–Trinajstić information content (AvgIpc) is 2.25. The molecule has 0 saturated carbocycles. The number of methoxy groups -OCH3 is 1. The first kappa shape index (κ1) is 14.6. The molecule has 0 unspecified atom stereocenters. The van der Waals surface area contributed by atoms with Gasteiger partial charge in [-0.1, -0.05) is 11.6 Å². The molecule has 100 valence electrons. The Morgan fingerprint density at radius 2 is 2.00 bits per heavy atom. The summed E-state index contributed by atoms with van der Waals surface area (Å²) in [4.78, 5) is 13.9. The number of halogens is 6. The zero-order valence-corrected chi connectivity index (χ0v) is 9.44. The summed E-state index contributed by atoms with van der Waals surface area (Å²) in [7, 11) is 0.834. The van der Waals surface area contributed by atoms with Crippen LogP contribution in [-0.4, -0.2) is 18.1 Å². The second-order valence-electron chi connectivity index (χ2n) is 3.05. The molecule has 0 aromatic carbocycles. The normalized spacial score (nSPS) is 11.8. The third-order valence-corrected chi connectivity index (χ3v) is 2.18. The van der Waals surface area contributed by atoms with Crippen LogP contribution in [0.1, 0.15) is 28.2 Å². The summed E-state index contributed by atoms with van der Waals surface area (Å²) in [6.07, 6.45) is -8.16. The molecule has 0 atom stereocenters. The molecule has 9 heteroatoms. The standard InChI is InChI=1S/C9H5ClF5NO2/c1-18-8(17)5-3(7(11)12)2-4(10)6(16-5)9(13,14)15/h2,7H,1H3. The third-order valence-electron chi connectivity index (χ3n) is 1.89. The molecular formula is C9H5ClF5NO2. The number of hydrogen-bond donors (Lipinski definition) is 0. The van der Waals surface area contributed by atoms with E-state index in [9.17, 15) is 26.7 Å². The summed E-state index contributed by atoms with van der Waals surface area (Å²) < 4.78 is 66.5. The zero-order chi connectivity index (χ0) is 14.1.